The third-order valence-corrected chi connectivity index (χ3v) is 10.2. The lowest BCUT2D eigenvalue weighted by atomic mass is 9.86. The Labute approximate surface area is 308 Å². The molecule has 4 aromatic rings. The van der Waals surface area contributed by atoms with Crippen molar-refractivity contribution < 1.29 is 40.6 Å². The molecule has 0 radical (unpaired) electrons. The van der Waals surface area contributed by atoms with E-state index in [1.807, 2.05) is 11.9 Å². The van der Waals surface area contributed by atoms with Crippen LogP contribution in [0.5, 0.6) is 0 Å². The Hall–Kier alpha value is -4.58. The molecule has 1 saturated heterocycles. The molecule has 18 heteroatoms. The van der Waals surface area contributed by atoms with E-state index >= 15 is 0 Å². The Balaban J connectivity index is 1.32. The molecular weight excluding hydrogens is 720 g/mol. The SMILES string of the molecule is CCOC(=O)CCN1CCN(c2cnc(-c3nc4nc(-c5cnc(C(F)(F)F)c(C(F)(F)F)c5)cc(N(C)CC5(COC)CCCC5)c4[nH]3)cn2)C[C@@H]1C. The van der Waals surface area contributed by atoms with Gasteiger partial charge in [-0.15, -0.1) is 0 Å². The van der Waals surface area contributed by atoms with Crippen LogP contribution in [0.2, 0.25) is 0 Å². The van der Waals surface area contributed by atoms with Gasteiger partial charge >= 0.3 is 18.3 Å². The lowest BCUT2D eigenvalue weighted by Crippen LogP contribution is -2.52. The van der Waals surface area contributed by atoms with Gasteiger partial charge in [-0.05, 0) is 38.8 Å². The number of carbonyl (C=O) groups is 1. The number of fused-ring (bicyclic) bond motifs is 1. The number of rotatable bonds is 12. The number of aromatic nitrogens is 6. The molecule has 0 amide bonds. The van der Waals surface area contributed by atoms with Crippen molar-refractivity contribution in [3.05, 3.63) is 42.0 Å². The van der Waals surface area contributed by atoms with Gasteiger partial charge < -0.3 is 24.3 Å². The number of H-pyrrole nitrogens is 1. The fourth-order valence-corrected chi connectivity index (χ4v) is 7.57. The van der Waals surface area contributed by atoms with Crippen molar-refractivity contribution in [2.75, 3.05) is 69.9 Å². The first kappa shape index (κ1) is 39.1. The van der Waals surface area contributed by atoms with E-state index in [0.29, 0.717) is 80.4 Å². The number of nitrogens with one attached hydrogen (secondary N) is 1. The first-order valence-electron chi connectivity index (χ1n) is 17.8. The lowest BCUT2D eigenvalue weighted by Gasteiger charge is -2.40. The smallest absolute Gasteiger partial charge is 0.433 e. The number of carbonyl (C=O) groups excluding carboxylic acids is 1. The topological polar surface area (TPSA) is 125 Å². The number of pyridine rings is 2. The number of ether oxygens (including phenoxy) is 2. The van der Waals surface area contributed by atoms with Gasteiger partial charge in [-0.2, -0.15) is 26.3 Å². The van der Waals surface area contributed by atoms with E-state index < -0.39 is 23.6 Å². The summed E-state index contributed by atoms with van der Waals surface area (Å²) in [5.74, 6) is 0.734. The summed E-state index contributed by atoms with van der Waals surface area (Å²) in [7, 11) is 3.48. The fourth-order valence-electron chi connectivity index (χ4n) is 7.57. The van der Waals surface area contributed by atoms with Gasteiger partial charge in [0.25, 0.3) is 0 Å². The largest absolute Gasteiger partial charge is 0.466 e. The molecule has 1 aliphatic heterocycles. The van der Waals surface area contributed by atoms with Crippen molar-refractivity contribution in [2.45, 2.75) is 64.3 Å². The van der Waals surface area contributed by atoms with Crippen LogP contribution in [-0.2, 0) is 26.6 Å². The van der Waals surface area contributed by atoms with E-state index in [9.17, 15) is 31.1 Å². The molecule has 2 fully saturated rings. The van der Waals surface area contributed by atoms with Crippen LogP contribution in [0.1, 0.15) is 57.2 Å². The van der Waals surface area contributed by atoms with Gasteiger partial charge in [0, 0.05) is 70.1 Å². The molecule has 0 bridgehead atoms. The number of halogens is 6. The number of imidazole rings is 1. The van der Waals surface area contributed by atoms with E-state index in [1.54, 1.807) is 26.4 Å². The van der Waals surface area contributed by atoms with Crippen molar-refractivity contribution in [3.8, 4) is 22.8 Å². The monoisotopic (exact) mass is 763 g/mol. The molecule has 1 atom stereocenters. The standard InChI is InChI=1S/C36H43F6N9O3/c1-5-54-29(52)8-11-50-12-13-51(19-22(50)2)28-18-43-26(17-44-28)32-47-30-27(49(3)20-34(21-53-4)9-6-7-10-34)15-25(46-33(30)48-32)23-14-24(35(37,38)39)31(45-16-23)36(40,41)42/h14-18,22H,5-13,19-21H2,1-4H3,(H,46,47,48)/t22-/m0/s1. The summed E-state index contributed by atoms with van der Waals surface area (Å²) >= 11 is 0. The molecule has 0 aromatic carbocycles. The van der Waals surface area contributed by atoms with Crippen LogP contribution in [0.15, 0.2) is 30.7 Å². The predicted molar refractivity (Wildman–Crippen MR) is 189 cm³/mol. The number of methoxy groups -OCH3 is 1. The van der Waals surface area contributed by atoms with Gasteiger partial charge in [0.05, 0.1) is 49.0 Å². The van der Waals surface area contributed by atoms with Gasteiger partial charge in [-0.1, -0.05) is 12.8 Å². The number of anilines is 2. The maximum atomic E-state index is 13.9. The number of nitrogens with zero attached hydrogens (tertiary/aromatic N) is 8. The molecule has 0 spiro atoms. The summed E-state index contributed by atoms with van der Waals surface area (Å²) in [6.45, 7) is 7.93. The highest BCUT2D eigenvalue weighted by Gasteiger charge is 2.45. The molecule has 0 unspecified atom stereocenters. The van der Waals surface area contributed by atoms with Gasteiger partial charge in [0.15, 0.2) is 17.2 Å². The van der Waals surface area contributed by atoms with Crippen LogP contribution in [0.25, 0.3) is 33.9 Å². The summed E-state index contributed by atoms with van der Waals surface area (Å²) in [4.78, 5) is 43.0. The molecule has 1 aliphatic carbocycles. The first-order valence-corrected chi connectivity index (χ1v) is 17.8. The van der Waals surface area contributed by atoms with Crippen LogP contribution >= 0.6 is 0 Å². The summed E-state index contributed by atoms with van der Waals surface area (Å²) in [5, 5.41) is 0. The average molecular weight is 764 g/mol. The molecule has 12 nitrogen and oxygen atoms in total. The number of hydrogen-bond donors (Lipinski definition) is 1. The molecule has 1 N–H and O–H groups in total. The predicted octanol–water partition coefficient (Wildman–Crippen LogP) is 6.62. The number of esters is 1. The van der Waals surface area contributed by atoms with Crippen molar-refractivity contribution in [1.29, 1.82) is 0 Å². The minimum Gasteiger partial charge on any atom is -0.466 e. The second kappa shape index (κ2) is 15.6. The van der Waals surface area contributed by atoms with Crippen LogP contribution in [-0.4, -0.2) is 107 Å². The second-order valence-electron chi connectivity index (χ2n) is 14.1. The number of aromatic amines is 1. The van der Waals surface area contributed by atoms with Crippen molar-refractivity contribution in [3.63, 3.8) is 0 Å². The molecule has 54 heavy (non-hydrogen) atoms. The molecule has 1 saturated carbocycles. The van der Waals surface area contributed by atoms with E-state index in [-0.39, 0.29) is 34.3 Å². The Morgan fingerprint density at radius 3 is 2.39 bits per heavy atom. The highest BCUT2D eigenvalue weighted by molar-refractivity contribution is 5.91. The van der Waals surface area contributed by atoms with Crippen molar-refractivity contribution in [2.24, 2.45) is 5.41 Å². The molecule has 6 rings (SSSR count). The van der Waals surface area contributed by atoms with Gasteiger partial charge in [-0.25, -0.2) is 19.9 Å². The maximum absolute atomic E-state index is 13.9. The summed E-state index contributed by atoms with van der Waals surface area (Å²) in [5.41, 5.74) is -2.86. The van der Waals surface area contributed by atoms with Crippen LogP contribution < -0.4 is 9.80 Å². The third kappa shape index (κ3) is 8.53. The zero-order chi connectivity index (χ0) is 38.8. The van der Waals surface area contributed by atoms with Gasteiger partial charge in [0.1, 0.15) is 17.0 Å². The lowest BCUT2D eigenvalue weighted by molar-refractivity contribution is -0.164. The van der Waals surface area contributed by atoms with Crippen LogP contribution in [0, 0.1) is 5.41 Å². The third-order valence-electron chi connectivity index (χ3n) is 10.2. The van der Waals surface area contributed by atoms with E-state index in [0.717, 1.165) is 38.4 Å². The van der Waals surface area contributed by atoms with Crippen molar-refractivity contribution in [1.82, 2.24) is 34.8 Å². The highest BCUT2D eigenvalue weighted by Crippen LogP contribution is 2.43. The minimum absolute atomic E-state index is 0.0294. The Morgan fingerprint density at radius 1 is 1.00 bits per heavy atom. The van der Waals surface area contributed by atoms with Gasteiger partial charge in [0.2, 0.25) is 0 Å². The number of piperazine rings is 1. The minimum atomic E-state index is -5.31. The second-order valence-corrected chi connectivity index (χ2v) is 14.1. The van der Waals surface area contributed by atoms with E-state index in [4.69, 9.17) is 9.47 Å². The molecule has 2 aliphatic rings. The molecule has 5 heterocycles. The Morgan fingerprint density at radius 2 is 1.76 bits per heavy atom. The van der Waals surface area contributed by atoms with Gasteiger partial charge in [-0.3, -0.25) is 14.7 Å². The van der Waals surface area contributed by atoms with Crippen molar-refractivity contribution >= 4 is 28.6 Å². The summed E-state index contributed by atoms with van der Waals surface area (Å²) < 4.78 is 93.0. The summed E-state index contributed by atoms with van der Waals surface area (Å²) in [6.07, 6.45) is -2.46. The number of hydrogen-bond acceptors (Lipinski definition) is 11. The first-order chi connectivity index (χ1) is 25.6. The molecule has 4 aromatic heterocycles. The Bertz CT molecular complexity index is 1930. The maximum Gasteiger partial charge on any atom is 0.433 e. The average Bonchev–Trinajstić information content (AvgIpc) is 3.77. The zero-order valence-corrected chi connectivity index (χ0v) is 30.5. The summed E-state index contributed by atoms with van der Waals surface area (Å²) in [6, 6.07) is 2.11. The molecular formula is C36H43F6N9O3. The molecule has 292 valence electrons. The normalized spacial score (nSPS) is 18.0. The van der Waals surface area contributed by atoms with E-state index in [1.165, 1.54) is 6.07 Å². The number of alkyl halides is 6. The van der Waals surface area contributed by atoms with E-state index in [2.05, 4.69) is 46.6 Å². The van der Waals surface area contributed by atoms with Crippen LogP contribution in [0.4, 0.5) is 37.8 Å². The highest BCUT2D eigenvalue weighted by atomic mass is 19.4. The fraction of sp³-hybridized carbons (Fsp3) is 0.556. The Kier molecular flexibility index (Phi) is 11.3. The quantitative estimate of drug-likeness (QED) is 0.124. The van der Waals surface area contributed by atoms with Crippen LogP contribution in [0.3, 0.4) is 0 Å². The zero-order valence-electron chi connectivity index (χ0n) is 30.5.